The summed E-state index contributed by atoms with van der Waals surface area (Å²) >= 11 is 0. The number of ketones is 1. The standard InChI is InChI=1S/C26H21NO4/c1-16-14-19-15-18(12-13-21(19)31-16)24(28)22-23(17-8-4-2-5-9-17)27(26(30)25(22)29)20-10-6-3-7-11-20/h2-13,15-16,23,28H,14H2,1H3/b24-22-. The Kier molecular flexibility index (Phi) is 4.59. The first-order valence-corrected chi connectivity index (χ1v) is 10.3. The Morgan fingerprint density at radius 1 is 0.968 bits per heavy atom. The number of ether oxygens (including phenoxy) is 1. The predicted molar refractivity (Wildman–Crippen MR) is 118 cm³/mol. The monoisotopic (exact) mass is 411 g/mol. The van der Waals surface area contributed by atoms with Crippen LogP contribution in [-0.4, -0.2) is 22.9 Å². The lowest BCUT2D eigenvalue weighted by atomic mass is 9.94. The van der Waals surface area contributed by atoms with Crippen LogP contribution < -0.4 is 9.64 Å². The van der Waals surface area contributed by atoms with E-state index in [4.69, 9.17) is 4.74 Å². The van der Waals surface area contributed by atoms with Gasteiger partial charge in [-0.15, -0.1) is 0 Å². The fraction of sp³-hybridized carbons (Fsp3) is 0.154. The van der Waals surface area contributed by atoms with Gasteiger partial charge in [-0.2, -0.15) is 0 Å². The molecule has 1 fully saturated rings. The second-order valence-corrected chi connectivity index (χ2v) is 7.87. The van der Waals surface area contributed by atoms with Crippen LogP contribution in [0.25, 0.3) is 5.76 Å². The molecule has 2 aliphatic rings. The Bertz CT molecular complexity index is 1200. The normalized spacial score (nSPS) is 21.8. The first kappa shape index (κ1) is 19.1. The predicted octanol–water partition coefficient (Wildman–Crippen LogP) is 4.64. The van der Waals surface area contributed by atoms with Gasteiger partial charge in [0.05, 0.1) is 11.6 Å². The zero-order chi connectivity index (χ0) is 21.5. The van der Waals surface area contributed by atoms with Gasteiger partial charge in [0.15, 0.2) is 0 Å². The summed E-state index contributed by atoms with van der Waals surface area (Å²) in [7, 11) is 0. The van der Waals surface area contributed by atoms with E-state index in [1.807, 2.05) is 61.5 Å². The van der Waals surface area contributed by atoms with Crippen LogP contribution in [0.15, 0.2) is 84.4 Å². The molecule has 3 aromatic rings. The number of hydrogen-bond donors (Lipinski definition) is 1. The van der Waals surface area contributed by atoms with Crippen LogP contribution in [0.4, 0.5) is 5.69 Å². The first-order chi connectivity index (χ1) is 15.0. The highest BCUT2D eigenvalue weighted by Crippen LogP contribution is 2.42. The summed E-state index contributed by atoms with van der Waals surface area (Å²) in [6, 6.07) is 23.0. The van der Waals surface area contributed by atoms with E-state index < -0.39 is 17.7 Å². The topological polar surface area (TPSA) is 66.8 Å². The molecule has 1 saturated heterocycles. The van der Waals surface area contributed by atoms with E-state index >= 15 is 0 Å². The maximum atomic E-state index is 13.1. The lowest BCUT2D eigenvalue weighted by Crippen LogP contribution is -2.29. The van der Waals surface area contributed by atoms with Gasteiger partial charge < -0.3 is 9.84 Å². The number of anilines is 1. The molecule has 5 rings (SSSR count). The van der Waals surface area contributed by atoms with Gasteiger partial charge in [0.2, 0.25) is 0 Å². The van der Waals surface area contributed by atoms with Crippen LogP contribution in [-0.2, 0) is 16.0 Å². The second kappa shape index (κ2) is 7.43. The highest BCUT2D eigenvalue weighted by atomic mass is 16.5. The summed E-state index contributed by atoms with van der Waals surface area (Å²) in [6.45, 7) is 1.99. The Morgan fingerprint density at radius 3 is 2.35 bits per heavy atom. The minimum absolute atomic E-state index is 0.0698. The Labute approximate surface area is 180 Å². The number of amides is 1. The van der Waals surface area contributed by atoms with Crippen molar-refractivity contribution in [1.29, 1.82) is 0 Å². The first-order valence-electron chi connectivity index (χ1n) is 10.3. The van der Waals surface area contributed by atoms with Crippen LogP contribution in [0.2, 0.25) is 0 Å². The van der Waals surface area contributed by atoms with E-state index in [2.05, 4.69) is 0 Å². The molecule has 5 heteroatoms. The number of aliphatic hydroxyl groups excluding tert-OH is 1. The molecule has 0 spiro atoms. The molecule has 0 radical (unpaired) electrons. The number of carbonyl (C=O) groups excluding carboxylic acids is 2. The van der Waals surface area contributed by atoms with Gasteiger partial charge in [0.25, 0.3) is 11.7 Å². The lowest BCUT2D eigenvalue weighted by molar-refractivity contribution is -0.132. The van der Waals surface area contributed by atoms with E-state index in [1.54, 1.807) is 24.3 Å². The number of carbonyl (C=O) groups is 2. The number of rotatable bonds is 3. The molecular weight excluding hydrogens is 390 g/mol. The van der Waals surface area contributed by atoms with Crippen LogP contribution in [0.5, 0.6) is 5.75 Å². The van der Waals surface area contributed by atoms with Gasteiger partial charge >= 0.3 is 0 Å². The van der Waals surface area contributed by atoms with E-state index in [-0.39, 0.29) is 17.4 Å². The Balaban J connectivity index is 1.68. The quantitative estimate of drug-likeness (QED) is 0.387. The zero-order valence-electron chi connectivity index (χ0n) is 17.0. The van der Waals surface area contributed by atoms with Crippen molar-refractivity contribution in [2.45, 2.75) is 25.5 Å². The average Bonchev–Trinajstić information content (AvgIpc) is 3.30. The van der Waals surface area contributed by atoms with Crippen molar-refractivity contribution in [3.8, 4) is 5.75 Å². The van der Waals surface area contributed by atoms with Crippen molar-refractivity contribution in [2.24, 2.45) is 0 Å². The molecule has 1 N–H and O–H groups in total. The average molecular weight is 411 g/mol. The highest BCUT2D eigenvalue weighted by molar-refractivity contribution is 6.51. The zero-order valence-corrected chi connectivity index (χ0v) is 17.0. The van der Waals surface area contributed by atoms with E-state index in [0.29, 0.717) is 11.3 Å². The lowest BCUT2D eigenvalue weighted by Gasteiger charge is -2.25. The Morgan fingerprint density at radius 2 is 1.65 bits per heavy atom. The van der Waals surface area contributed by atoms with Crippen LogP contribution >= 0.6 is 0 Å². The highest BCUT2D eigenvalue weighted by Gasteiger charge is 2.46. The second-order valence-electron chi connectivity index (χ2n) is 7.87. The van der Waals surface area contributed by atoms with Crippen molar-refractivity contribution in [1.82, 2.24) is 0 Å². The van der Waals surface area contributed by atoms with Gasteiger partial charge in [-0.1, -0.05) is 48.5 Å². The fourth-order valence-corrected chi connectivity index (χ4v) is 4.36. The number of aliphatic hydroxyl groups is 1. The smallest absolute Gasteiger partial charge is 0.300 e. The molecule has 2 unspecified atom stereocenters. The number of para-hydroxylation sites is 1. The van der Waals surface area contributed by atoms with Crippen molar-refractivity contribution in [3.05, 3.63) is 101 Å². The molecular formula is C26H21NO4. The third-order valence-electron chi connectivity index (χ3n) is 5.76. The van der Waals surface area contributed by atoms with E-state index in [0.717, 1.165) is 23.3 Å². The molecule has 0 saturated carbocycles. The molecule has 5 nitrogen and oxygen atoms in total. The van der Waals surface area contributed by atoms with Crippen molar-refractivity contribution in [2.75, 3.05) is 4.90 Å². The molecule has 3 aromatic carbocycles. The molecule has 2 heterocycles. The van der Waals surface area contributed by atoms with E-state index in [9.17, 15) is 14.7 Å². The van der Waals surface area contributed by atoms with Crippen LogP contribution in [0.1, 0.15) is 29.7 Å². The summed E-state index contributed by atoms with van der Waals surface area (Å²) in [5, 5.41) is 11.2. The van der Waals surface area contributed by atoms with Crippen molar-refractivity contribution in [3.63, 3.8) is 0 Å². The summed E-state index contributed by atoms with van der Waals surface area (Å²) in [4.78, 5) is 27.7. The van der Waals surface area contributed by atoms with E-state index in [1.165, 1.54) is 4.90 Å². The fourth-order valence-electron chi connectivity index (χ4n) is 4.36. The molecule has 2 aliphatic heterocycles. The molecule has 0 bridgehead atoms. The van der Waals surface area contributed by atoms with Crippen LogP contribution in [0, 0.1) is 0 Å². The third kappa shape index (κ3) is 3.19. The number of hydrogen-bond acceptors (Lipinski definition) is 4. The van der Waals surface area contributed by atoms with Crippen LogP contribution in [0.3, 0.4) is 0 Å². The minimum atomic E-state index is -0.716. The maximum absolute atomic E-state index is 13.1. The summed E-state index contributed by atoms with van der Waals surface area (Å²) in [5.74, 6) is -0.735. The summed E-state index contributed by atoms with van der Waals surface area (Å²) in [5.41, 5.74) is 2.93. The summed E-state index contributed by atoms with van der Waals surface area (Å²) in [6.07, 6.45) is 0.803. The van der Waals surface area contributed by atoms with Crippen molar-refractivity contribution >= 4 is 23.1 Å². The molecule has 2 atom stereocenters. The molecule has 154 valence electrons. The Hall–Kier alpha value is -3.86. The molecule has 1 amide bonds. The summed E-state index contributed by atoms with van der Waals surface area (Å²) < 4.78 is 5.74. The molecule has 0 aliphatic carbocycles. The van der Waals surface area contributed by atoms with Gasteiger partial charge in [-0.05, 0) is 48.4 Å². The number of nitrogens with zero attached hydrogens (tertiary/aromatic N) is 1. The third-order valence-corrected chi connectivity index (χ3v) is 5.76. The van der Waals surface area contributed by atoms with Gasteiger partial charge in [0.1, 0.15) is 17.6 Å². The van der Waals surface area contributed by atoms with Crippen molar-refractivity contribution < 1.29 is 19.4 Å². The van der Waals surface area contributed by atoms with Gasteiger partial charge in [-0.25, -0.2) is 0 Å². The number of Topliss-reactive ketones (excluding diaryl/α,β-unsaturated/α-hetero) is 1. The molecule has 0 aromatic heterocycles. The molecule has 31 heavy (non-hydrogen) atoms. The SMILES string of the molecule is CC1Cc2cc(/C(O)=C3/C(=O)C(=O)N(c4ccccc4)C3c3ccccc3)ccc2O1. The largest absolute Gasteiger partial charge is 0.507 e. The maximum Gasteiger partial charge on any atom is 0.300 e. The minimum Gasteiger partial charge on any atom is -0.507 e. The van der Waals surface area contributed by atoms with Gasteiger partial charge in [-0.3, -0.25) is 14.5 Å². The van der Waals surface area contributed by atoms with Gasteiger partial charge in [0, 0.05) is 17.7 Å². The number of fused-ring (bicyclic) bond motifs is 1. The number of benzene rings is 3.